The van der Waals surface area contributed by atoms with Crippen LogP contribution in [0.3, 0.4) is 0 Å². The van der Waals surface area contributed by atoms with Gasteiger partial charge in [-0.05, 0) is 26.8 Å². The van der Waals surface area contributed by atoms with Crippen molar-refractivity contribution < 1.29 is 9.59 Å². The second kappa shape index (κ2) is 8.23. The van der Waals surface area contributed by atoms with Crippen LogP contribution in [0, 0.1) is 0 Å². The highest BCUT2D eigenvalue weighted by molar-refractivity contribution is 5.78. The van der Waals surface area contributed by atoms with E-state index >= 15 is 0 Å². The van der Waals surface area contributed by atoms with Crippen molar-refractivity contribution in [2.45, 2.75) is 32.7 Å². The fraction of sp³-hybridized carbons (Fsp3) is 0.800. The molecule has 0 aliphatic heterocycles. The Morgan fingerprint density at radius 1 is 1.20 bits per heavy atom. The molecule has 2 amide bonds. The number of hydrogen-bond acceptors (Lipinski definition) is 3. The van der Waals surface area contributed by atoms with Crippen LogP contribution in [0.25, 0.3) is 0 Å². The highest BCUT2D eigenvalue weighted by Crippen LogP contribution is 1.85. The van der Waals surface area contributed by atoms with Crippen LogP contribution in [-0.2, 0) is 9.59 Å². The minimum absolute atomic E-state index is 0.00931. The molecule has 3 N–H and O–H groups in total. The van der Waals surface area contributed by atoms with Crippen molar-refractivity contribution in [2.75, 3.05) is 20.1 Å². The van der Waals surface area contributed by atoms with Crippen LogP contribution in [0.2, 0.25) is 0 Å². The first-order chi connectivity index (χ1) is 7.06. The summed E-state index contributed by atoms with van der Waals surface area (Å²) in [5, 5.41) is 8.30. The van der Waals surface area contributed by atoms with Crippen LogP contribution in [0.15, 0.2) is 0 Å². The summed E-state index contributed by atoms with van der Waals surface area (Å²) in [6, 6.07) is 0.171. The highest BCUT2D eigenvalue weighted by atomic mass is 16.2. The fourth-order valence-electron chi connectivity index (χ4n) is 1.07. The molecular formula is C10H21N3O2. The molecule has 0 heterocycles. The molecule has 0 spiro atoms. The van der Waals surface area contributed by atoms with Gasteiger partial charge in [-0.25, -0.2) is 0 Å². The lowest BCUT2D eigenvalue weighted by Gasteiger charge is -2.08. The minimum atomic E-state index is -0.00931. The molecule has 5 heteroatoms. The highest BCUT2D eigenvalue weighted by Gasteiger charge is 2.02. The summed E-state index contributed by atoms with van der Waals surface area (Å²) >= 11 is 0. The molecule has 5 nitrogen and oxygen atoms in total. The first kappa shape index (κ1) is 13.9. The summed E-state index contributed by atoms with van der Waals surface area (Å²) < 4.78 is 0. The molecule has 0 unspecified atom stereocenters. The molecule has 0 aliphatic rings. The van der Waals surface area contributed by atoms with Crippen LogP contribution in [0.1, 0.15) is 26.7 Å². The lowest BCUT2D eigenvalue weighted by Crippen LogP contribution is -2.38. The molecule has 0 bridgehead atoms. The van der Waals surface area contributed by atoms with Crippen LogP contribution in [0.4, 0.5) is 0 Å². The van der Waals surface area contributed by atoms with Crippen LogP contribution in [0.5, 0.6) is 0 Å². The van der Waals surface area contributed by atoms with Gasteiger partial charge in [-0.2, -0.15) is 0 Å². The Labute approximate surface area is 91.0 Å². The van der Waals surface area contributed by atoms with Crippen molar-refractivity contribution in [1.29, 1.82) is 0 Å². The first-order valence-electron chi connectivity index (χ1n) is 5.27. The van der Waals surface area contributed by atoms with E-state index in [1.54, 1.807) is 7.05 Å². The van der Waals surface area contributed by atoms with Gasteiger partial charge in [-0.1, -0.05) is 0 Å². The Hall–Kier alpha value is -1.10. The van der Waals surface area contributed by atoms with E-state index in [0.717, 1.165) is 6.42 Å². The second-order valence-corrected chi connectivity index (χ2v) is 3.68. The Morgan fingerprint density at radius 3 is 2.40 bits per heavy atom. The molecule has 0 aliphatic carbocycles. The third-order valence-corrected chi connectivity index (χ3v) is 1.77. The summed E-state index contributed by atoms with van der Waals surface area (Å²) in [4.78, 5) is 22.0. The van der Waals surface area contributed by atoms with E-state index in [9.17, 15) is 9.59 Å². The number of amides is 2. The number of carbonyl (C=O) groups excluding carboxylic acids is 2. The molecule has 0 aromatic rings. The van der Waals surface area contributed by atoms with Gasteiger partial charge in [0.1, 0.15) is 0 Å². The van der Waals surface area contributed by atoms with E-state index in [0.29, 0.717) is 19.5 Å². The van der Waals surface area contributed by atoms with Crippen LogP contribution >= 0.6 is 0 Å². The summed E-state index contributed by atoms with van der Waals surface area (Å²) in [5.41, 5.74) is 0. The largest absolute Gasteiger partial charge is 0.359 e. The zero-order valence-electron chi connectivity index (χ0n) is 9.72. The Balaban J connectivity index is 3.31. The summed E-state index contributed by atoms with van der Waals surface area (Å²) in [6.45, 7) is 4.83. The van der Waals surface area contributed by atoms with Crippen LogP contribution in [-0.4, -0.2) is 38.0 Å². The lowest BCUT2D eigenvalue weighted by atomic mass is 10.3. The van der Waals surface area contributed by atoms with E-state index in [4.69, 9.17) is 0 Å². The van der Waals surface area contributed by atoms with E-state index in [2.05, 4.69) is 16.0 Å². The first-order valence-corrected chi connectivity index (χ1v) is 5.27. The third-order valence-electron chi connectivity index (χ3n) is 1.77. The fourth-order valence-corrected chi connectivity index (χ4v) is 1.07. The number of carbonyl (C=O) groups is 2. The average Bonchev–Trinajstić information content (AvgIpc) is 2.15. The van der Waals surface area contributed by atoms with Crippen molar-refractivity contribution in [3.8, 4) is 0 Å². The number of rotatable bonds is 7. The Kier molecular flexibility index (Phi) is 7.62. The summed E-state index contributed by atoms with van der Waals surface area (Å²) in [7, 11) is 1.62. The molecular weight excluding hydrogens is 194 g/mol. The molecule has 0 rings (SSSR count). The topological polar surface area (TPSA) is 70.2 Å². The summed E-state index contributed by atoms with van der Waals surface area (Å²) in [5.74, 6) is 0.0216. The van der Waals surface area contributed by atoms with E-state index in [1.165, 1.54) is 0 Å². The SMILES string of the molecule is CNC(=O)CCCNCC(=O)NC(C)C. The minimum Gasteiger partial charge on any atom is -0.359 e. The van der Waals surface area contributed by atoms with Gasteiger partial charge in [0.2, 0.25) is 11.8 Å². The van der Waals surface area contributed by atoms with Crippen molar-refractivity contribution in [3.05, 3.63) is 0 Å². The zero-order chi connectivity index (χ0) is 11.7. The maximum absolute atomic E-state index is 11.2. The van der Waals surface area contributed by atoms with Crippen molar-refractivity contribution in [3.63, 3.8) is 0 Å². The molecule has 0 aromatic carbocycles. The maximum Gasteiger partial charge on any atom is 0.234 e. The molecule has 0 fully saturated rings. The monoisotopic (exact) mass is 215 g/mol. The van der Waals surface area contributed by atoms with Gasteiger partial charge < -0.3 is 16.0 Å². The van der Waals surface area contributed by atoms with Crippen molar-refractivity contribution in [2.24, 2.45) is 0 Å². The Morgan fingerprint density at radius 2 is 1.87 bits per heavy atom. The Bertz CT molecular complexity index is 205. The molecule has 15 heavy (non-hydrogen) atoms. The van der Waals surface area contributed by atoms with Gasteiger partial charge in [0.25, 0.3) is 0 Å². The van der Waals surface area contributed by atoms with Gasteiger partial charge in [-0.3, -0.25) is 9.59 Å². The van der Waals surface area contributed by atoms with E-state index in [-0.39, 0.29) is 17.9 Å². The molecule has 0 saturated carbocycles. The smallest absolute Gasteiger partial charge is 0.234 e. The van der Waals surface area contributed by atoms with E-state index in [1.807, 2.05) is 13.8 Å². The van der Waals surface area contributed by atoms with Crippen molar-refractivity contribution >= 4 is 11.8 Å². The van der Waals surface area contributed by atoms with Crippen LogP contribution < -0.4 is 16.0 Å². The quantitative estimate of drug-likeness (QED) is 0.507. The van der Waals surface area contributed by atoms with Gasteiger partial charge >= 0.3 is 0 Å². The van der Waals surface area contributed by atoms with Gasteiger partial charge in [0.05, 0.1) is 6.54 Å². The summed E-state index contributed by atoms with van der Waals surface area (Å²) in [6.07, 6.45) is 1.24. The van der Waals surface area contributed by atoms with Gasteiger partial charge in [0, 0.05) is 19.5 Å². The molecule has 0 atom stereocenters. The standard InChI is InChI=1S/C10H21N3O2/c1-8(2)13-10(15)7-12-6-4-5-9(14)11-3/h8,12H,4-7H2,1-3H3,(H,11,14)(H,13,15). The van der Waals surface area contributed by atoms with E-state index < -0.39 is 0 Å². The third kappa shape index (κ3) is 9.21. The molecule has 88 valence electrons. The second-order valence-electron chi connectivity index (χ2n) is 3.68. The lowest BCUT2D eigenvalue weighted by molar-refractivity contribution is -0.121. The molecule has 0 aromatic heterocycles. The average molecular weight is 215 g/mol. The van der Waals surface area contributed by atoms with Gasteiger partial charge in [0.15, 0.2) is 0 Å². The number of nitrogens with one attached hydrogen (secondary N) is 3. The van der Waals surface area contributed by atoms with Crippen molar-refractivity contribution in [1.82, 2.24) is 16.0 Å². The molecule has 0 radical (unpaired) electrons. The normalized spacial score (nSPS) is 10.1. The zero-order valence-corrected chi connectivity index (χ0v) is 9.72. The molecule has 0 saturated heterocycles. The number of hydrogen-bond donors (Lipinski definition) is 3. The maximum atomic E-state index is 11.2. The predicted molar refractivity (Wildman–Crippen MR) is 59.4 cm³/mol. The predicted octanol–water partition coefficient (Wildman–Crippen LogP) is -0.373. The van der Waals surface area contributed by atoms with Gasteiger partial charge in [-0.15, -0.1) is 0 Å².